The lowest BCUT2D eigenvalue weighted by Crippen LogP contribution is -2.14. The molecule has 0 heterocycles. The van der Waals surface area contributed by atoms with Gasteiger partial charge in [-0.1, -0.05) is 33.6 Å². The summed E-state index contributed by atoms with van der Waals surface area (Å²) in [4.78, 5) is 0.0770. The SMILES string of the molecule is Cc1ccc(S(=O)(=O)Nc2cc(Br)ccc2Cl)cc1CO. The van der Waals surface area contributed by atoms with Crippen LogP contribution in [0, 0.1) is 6.92 Å². The quantitative estimate of drug-likeness (QED) is 0.836. The van der Waals surface area contributed by atoms with Crippen LogP contribution >= 0.6 is 27.5 Å². The molecule has 0 aliphatic rings. The Morgan fingerprint density at radius 1 is 1.24 bits per heavy atom. The van der Waals surface area contributed by atoms with Gasteiger partial charge in [0.05, 0.1) is 22.2 Å². The zero-order valence-corrected chi connectivity index (χ0v) is 14.3. The van der Waals surface area contributed by atoms with Crippen molar-refractivity contribution in [2.45, 2.75) is 18.4 Å². The number of aliphatic hydroxyl groups is 1. The van der Waals surface area contributed by atoms with E-state index in [4.69, 9.17) is 11.6 Å². The van der Waals surface area contributed by atoms with Crippen molar-refractivity contribution in [3.8, 4) is 0 Å². The minimum atomic E-state index is -3.77. The molecule has 0 radical (unpaired) electrons. The van der Waals surface area contributed by atoms with Crippen molar-refractivity contribution in [3.05, 3.63) is 57.0 Å². The zero-order valence-electron chi connectivity index (χ0n) is 11.1. The lowest BCUT2D eigenvalue weighted by molar-refractivity contribution is 0.281. The molecule has 0 aromatic heterocycles. The highest BCUT2D eigenvalue weighted by molar-refractivity contribution is 9.10. The molecule has 7 heteroatoms. The predicted octanol–water partition coefficient (Wildman–Crippen LogP) is 3.70. The molecule has 2 aromatic rings. The number of hydrogen-bond acceptors (Lipinski definition) is 3. The summed E-state index contributed by atoms with van der Waals surface area (Å²) in [6.07, 6.45) is 0. The monoisotopic (exact) mass is 389 g/mol. The van der Waals surface area contributed by atoms with Gasteiger partial charge in [0.25, 0.3) is 10.0 Å². The van der Waals surface area contributed by atoms with Crippen LogP contribution < -0.4 is 4.72 Å². The van der Waals surface area contributed by atoms with Crippen molar-refractivity contribution in [1.82, 2.24) is 0 Å². The maximum atomic E-state index is 12.4. The van der Waals surface area contributed by atoms with E-state index in [1.165, 1.54) is 12.1 Å². The molecule has 2 rings (SSSR count). The van der Waals surface area contributed by atoms with Gasteiger partial charge in [0.2, 0.25) is 0 Å². The number of aliphatic hydroxyl groups excluding tert-OH is 1. The third-order valence-corrected chi connectivity index (χ3v) is 5.16. The van der Waals surface area contributed by atoms with Crippen molar-refractivity contribution < 1.29 is 13.5 Å². The second-order valence-electron chi connectivity index (χ2n) is 4.48. The standard InChI is InChI=1S/C14H13BrClNO3S/c1-9-2-4-12(6-10(9)8-18)21(19,20)17-14-7-11(15)3-5-13(14)16/h2-7,17-18H,8H2,1H3. The Morgan fingerprint density at radius 3 is 2.62 bits per heavy atom. The Hall–Kier alpha value is -1.08. The zero-order chi connectivity index (χ0) is 15.6. The number of anilines is 1. The Kier molecular flexibility index (Phi) is 4.93. The van der Waals surface area contributed by atoms with Crippen LogP contribution in [0.25, 0.3) is 0 Å². The average Bonchev–Trinajstić information content (AvgIpc) is 2.43. The molecular weight excluding hydrogens is 378 g/mol. The van der Waals surface area contributed by atoms with E-state index in [2.05, 4.69) is 20.7 Å². The van der Waals surface area contributed by atoms with E-state index >= 15 is 0 Å². The van der Waals surface area contributed by atoms with E-state index in [0.29, 0.717) is 15.1 Å². The second kappa shape index (κ2) is 6.36. The normalized spacial score (nSPS) is 11.4. The lowest BCUT2D eigenvalue weighted by atomic mass is 10.1. The van der Waals surface area contributed by atoms with E-state index in [1.54, 1.807) is 31.2 Å². The van der Waals surface area contributed by atoms with Crippen LogP contribution in [-0.4, -0.2) is 13.5 Å². The van der Waals surface area contributed by atoms with Crippen LogP contribution in [0.15, 0.2) is 45.8 Å². The third-order valence-electron chi connectivity index (χ3n) is 2.97. The van der Waals surface area contributed by atoms with Gasteiger partial charge in [0.1, 0.15) is 0 Å². The van der Waals surface area contributed by atoms with E-state index in [-0.39, 0.29) is 17.2 Å². The number of hydrogen-bond donors (Lipinski definition) is 2. The average molecular weight is 391 g/mol. The third kappa shape index (κ3) is 3.77. The molecule has 0 bridgehead atoms. The van der Waals surface area contributed by atoms with E-state index in [0.717, 1.165) is 5.56 Å². The Morgan fingerprint density at radius 2 is 1.95 bits per heavy atom. The van der Waals surface area contributed by atoms with E-state index in [9.17, 15) is 13.5 Å². The Labute approximate surface area is 136 Å². The van der Waals surface area contributed by atoms with Crippen LogP contribution in [0.1, 0.15) is 11.1 Å². The molecule has 2 N–H and O–H groups in total. The first-order chi connectivity index (χ1) is 9.83. The molecule has 0 atom stereocenters. The van der Waals surface area contributed by atoms with Gasteiger partial charge < -0.3 is 5.11 Å². The molecule has 0 saturated heterocycles. The highest BCUT2D eigenvalue weighted by Gasteiger charge is 2.17. The van der Waals surface area contributed by atoms with Gasteiger partial charge in [0.15, 0.2) is 0 Å². The summed E-state index contributed by atoms with van der Waals surface area (Å²) in [7, 11) is -3.77. The number of aryl methyl sites for hydroxylation is 1. The number of benzene rings is 2. The topological polar surface area (TPSA) is 66.4 Å². The van der Waals surface area contributed by atoms with Gasteiger partial charge in [0, 0.05) is 4.47 Å². The number of sulfonamides is 1. The molecule has 2 aromatic carbocycles. The second-order valence-corrected chi connectivity index (χ2v) is 7.48. The fourth-order valence-corrected chi connectivity index (χ4v) is 3.47. The Balaban J connectivity index is 2.41. The van der Waals surface area contributed by atoms with Crippen LogP contribution in [0.4, 0.5) is 5.69 Å². The van der Waals surface area contributed by atoms with Crippen LogP contribution in [0.5, 0.6) is 0 Å². The summed E-state index contributed by atoms with van der Waals surface area (Å²) in [5.41, 5.74) is 1.69. The van der Waals surface area contributed by atoms with Crippen molar-refractivity contribution in [3.63, 3.8) is 0 Å². The molecular formula is C14H13BrClNO3S. The first kappa shape index (κ1) is 16.3. The van der Waals surface area contributed by atoms with Crippen LogP contribution in [0.3, 0.4) is 0 Å². The van der Waals surface area contributed by atoms with Gasteiger partial charge in [-0.3, -0.25) is 4.72 Å². The van der Waals surface area contributed by atoms with Crippen molar-refractivity contribution in [2.75, 3.05) is 4.72 Å². The number of halogens is 2. The maximum absolute atomic E-state index is 12.4. The van der Waals surface area contributed by atoms with Crippen molar-refractivity contribution in [2.24, 2.45) is 0 Å². The molecule has 0 aliphatic heterocycles. The minimum Gasteiger partial charge on any atom is -0.392 e. The molecule has 0 unspecified atom stereocenters. The predicted molar refractivity (Wildman–Crippen MR) is 87.1 cm³/mol. The van der Waals surface area contributed by atoms with Crippen LogP contribution in [-0.2, 0) is 16.6 Å². The molecule has 112 valence electrons. The van der Waals surface area contributed by atoms with Crippen LogP contribution in [0.2, 0.25) is 5.02 Å². The Bertz CT molecular complexity index is 778. The minimum absolute atomic E-state index is 0.0770. The van der Waals surface area contributed by atoms with Gasteiger partial charge in [-0.05, 0) is 48.4 Å². The van der Waals surface area contributed by atoms with Gasteiger partial charge in [-0.2, -0.15) is 0 Å². The summed E-state index contributed by atoms with van der Waals surface area (Å²) in [6.45, 7) is 1.59. The summed E-state index contributed by atoms with van der Waals surface area (Å²) >= 11 is 9.25. The van der Waals surface area contributed by atoms with Gasteiger partial charge in [-0.25, -0.2) is 8.42 Å². The highest BCUT2D eigenvalue weighted by atomic mass is 79.9. The summed E-state index contributed by atoms with van der Waals surface area (Å²) in [6, 6.07) is 9.49. The first-order valence-electron chi connectivity index (χ1n) is 6.02. The van der Waals surface area contributed by atoms with E-state index in [1.807, 2.05) is 0 Å². The highest BCUT2D eigenvalue weighted by Crippen LogP contribution is 2.28. The molecule has 0 fully saturated rings. The first-order valence-corrected chi connectivity index (χ1v) is 8.67. The summed E-state index contributed by atoms with van der Waals surface area (Å²) < 4.78 is 27.9. The smallest absolute Gasteiger partial charge is 0.261 e. The summed E-state index contributed by atoms with van der Waals surface area (Å²) in [5.74, 6) is 0. The molecule has 4 nitrogen and oxygen atoms in total. The number of rotatable bonds is 4. The molecule has 0 spiro atoms. The summed E-state index contributed by atoms with van der Waals surface area (Å²) in [5, 5.41) is 9.54. The van der Waals surface area contributed by atoms with Crippen molar-refractivity contribution in [1.29, 1.82) is 0 Å². The number of nitrogens with one attached hydrogen (secondary N) is 1. The molecule has 0 saturated carbocycles. The van der Waals surface area contributed by atoms with Crippen molar-refractivity contribution >= 4 is 43.2 Å². The maximum Gasteiger partial charge on any atom is 0.261 e. The fraction of sp³-hybridized carbons (Fsp3) is 0.143. The molecule has 0 amide bonds. The largest absolute Gasteiger partial charge is 0.392 e. The van der Waals surface area contributed by atoms with Gasteiger partial charge >= 0.3 is 0 Å². The lowest BCUT2D eigenvalue weighted by Gasteiger charge is -2.11. The molecule has 0 aliphatic carbocycles. The molecule has 21 heavy (non-hydrogen) atoms. The van der Waals surface area contributed by atoms with E-state index < -0.39 is 10.0 Å². The fourth-order valence-electron chi connectivity index (χ4n) is 1.76. The van der Waals surface area contributed by atoms with Gasteiger partial charge in [-0.15, -0.1) is 0 Å².